The highest BCUT2D eigenvalue weighted by atomic mass is 19.1. The molecule has 1 aromatic heterocycles. The number of hydrogen-bond acceptors (Lipinski definition) is 4. The van der Waals surface area contributed by atoms with Gasteiger partial charge in [-0.05, 0) is 36.8 Å². The number of anilines is 1. The van der Waals surface area contributed by atoms with E-state index in [4.69, 9.17) is 9.47 Å². The SMILES string of the molecule is COc1ccc(OC)c([C@@H]2CCN(c3ccc(F)cn3)C2)c1. The van der Waals surface area contributed by atoms with E-state index in [1.54, 1.807) is 20.3 Å². The first-order chi connectivity index (χ1) is 10.7. The van der Waals surface area contributed by atoms with Gasteiger partial charge in [0.05, 0.1) is 20.4 Å². The zero-order valence-electron chi connectivity index (χ0n) is 12.8. The molecule has 3 rings (SSSR count). The van der Waals surface area contributed by atoms with Crippen molar-refractivity contribution in [1.29, 1.82) is 0 Å². The maximum atomic E-state index is 13.0. The predicted molar refractivity (Wildman–Crippen MR) is 83.3 cm³/mol. The van der Waals surface area contributed by atoms with Crippen LogP contribution in [-0.2, 0) is 0 Å². The van der Waals surface area contributed by atoms with Gasteiger partial charge in [-0.2, -0.15) is 0 Å². The quantitative estimate of drug-likeness (QED) is 0.868. The topological polar surface area (TPSA) is 34.6 Å². The minimum absolute atomic E-state index is 0.311. The monoisotopic (exact) mass is 302 g/mol. The van der Waals surface area contributed by atoms with Gasteiger partial charge in [0, 0.05) is 24.6 Å². The Morgan fingerprint density at radius 2 is 2.05 bits per heavy atom. The number of rotatable bonds is 4. The van der Waals surface area contributed by atoms with E-state index in [-0.39, 0.29) is 5.82 Å². The van der Waals surface area contributed by atoms with Crippen molar-refractivity contribution in [2.75, 3.05) is 32.2 Å². The lowest BCUT2D eigenvalue weighted by Crippen LogP contribution is -2.20. The van der Waals surface area contributed by atoms with E-state index in [1.165, 1.54) is 12.3 Å². The van der Waals surface area contributed by atoms with Crippen molar-refractivity contribution >= 4 is 5.82 Å². The zero-order chi connectivity index (χ0) is 15.5. The van der Waals surface area contributed by atoms with Crippen molar-refractivity contribution in [3.8, 4) is 11.5 Å². The molecule has 0 unspecified atom stereocenters. The molecule has 0 amide bonds. The van der Waals surface area contributed by atoms with E-state index < -0.39 is 0 Å². The second-order valence-electron chi connectivity index (χ2n) is 5.37. The van der Waals surface area contributed by atoms with E-state index in [1.807, 2.05) is 18.2 Å². The van der Waals surface area contributed by atoms with Gasteiger partial charge in [-0.15, -0.1) is 0 Å². The van der Waals surface area contributed by atoms with Gasteiger partial charge in [-0.3, -0.25) is 0 Å². The lowest BCUT2D eigenvalue weighted by atomic mass is 9.97. The summed E-state index contributed by atoms with van der Waals surface area (Å²) in [5.41, 5.74) is 1.14. The number of aromatic nitrogens is 1. The van der Waals surface area contributed by atoms with Crippen LogP contribution in [0.25, 0.3) is 0 Å². The molecule has 5 heteroatoms. The van der Waals surface area contributed by atoms with Crippen LogP contribution in [0, 0.1) is 5.82 Å². The van der Waals surface area contributed by atoms with Crippen LogP contribution in [0.4, 0.5) is 10.2 Å². The molecule has 2 aromatic rings. The molecule has 1 aliphatic rings. The molecular formula is C17H19FN2O2. The van der Waals surface area contributed by atoms with Gasteiger partial charge in [0.15, 0.2) is 0 Å². The maximum Gasteiger partial charge on any atom is 0.141 e. The molecule has 116 valence electrons. The third-order valence-corrected chi connectivity index (χ3v) is 4.10. The Kier molecular flexibility index (Phi) is 4.13. The average Bonchev–Trinajstić information content (AvgIpc) is 3.04. The average molecular weight is 302 g/mol. The van der Waals surface area contributed by atoms with Gasteiger partial charge in [-0.25, -0.2) is 9.37 Å². The van der Waals surface area contributed by atoms with Gasteiger partial charge in [0.2, 0.25) is 0 Å². The van der Waals surface area contributed by atoms with Crippen molar-refractivity contribution in [3.05, 3.63) is 47.9 Å². The molecule has 1 aromatic carbocycles. The third-order valence-electron chi connectivity index (χ3n) is 4.10. The molecule has 22 heavy (non-hydrogen) atoms. The van der Waals surface area contributed by atoms with E-state index in [2.05, 4.69) is 9.88 Å². The fourth-order valence-electron chi connectivity index (χ4n) is 2.94. The number of methoxy groups -OCH3 is 2. The highest BCUT2D eigenvalue weighted by Gasteiger charge is 2.27. The van der Waals surface area contributed by atoms with Crippen molar-refractivity contribution in [2.45, 2.75) is 12.3 Å². The smallest absolute Gasteiger partial charge is 0.141 e. The summed E-state index contributed by atoms with van der Waals surface area (Å²) in [6.07, 6.45) is 2.26. The van der Waals surface area contributed by atoms with Crippen LogP contribution < -0.4 is 14.4 Å². The number of benzene rings is 1. The third kappa shape index (κ3) is 2.84. The molecule has 0 bridgehead atoms. The van der Waals surface area contributed by atoms with Gasteiger partial charge in [0.1, 0.15) is 23.1 Å². The van der Waals surface area contributed by atoms with Crippen LogP contribution in [0.5, 0.6) is 11.5 Å². The Morgan fingerprint density at radius 3 is 2.73 bits per heavy atom. The first-order valence-corrected chi connectivity index (χ1v) is 7.29. The molecule has 0 N–H and O–H groups in total. The molecule has 1 atom stereocenters. The predicted octanol–water partition coefficient (Wildman–Crippen LogP) is 3.23. The number of nitrogens with zero attached hydrogens (tertiary/aromatic N) is 2. The fraction of sp³-hybridized carbons (Fsp3) is 0.353. The molecule has 1 saturated heterocycles. The van der Waals surface area contributed by atoms with E-state index in [0.29, 0.717) is 5.92 Å². The van der Waals surface area contributed by atoms with Crippen LogP contribution in [-0.4, -0.2) is 32.3 Å². The largest absolute Gasteiger partial charge is 0.497 e. The van der Waals surface area contributed by atoms with Crippen LogP contribution in [0.2, 0.25) is 0 Å². The number of pyridine rings is 1. The Hall–Kier alpha value is -2.30. The molecule has 0 aliphatic carbocycles. The summed E-state index contributed by atoms with van der Waals surface area (Å²) in [5.74, 6) is 2.55. The Bertz CT molecular complexity index is 646. The molecule has 0 radical (unpaired) electrons. The van der Waals surface area contributed by atoms with Crippen LogP contribution >= 0.6 is 0 Å². The van der Waals surface area contributed by atoms with E-state index >= 15 is 0 Å². The Balaban J connectivity index is 1.81. The van der Waals surface area contributed by atoms with Crippen LogP contribution in [0.15, 0.2) is 36.5 Å². The normalized spacial score (nSPS) is 17.6. The van der Waals surface area contributed by atoms with Gasteiger partial charge >= 0.3 is 0 Å². The first kappa shape index (κ1) is 14.6. The number of hydrogen-bond donors (Lipinski definition) is 0. The van der Waals surface area contributed by atoms with Crippen LogP contribution in [0.3, 0.4) is 0 Å². The Labute approximate surface area is 129 Å². The summed E-state index contributed by atoms with van der Waals surface area (Å²) in [6, 6.07) is 9.04. The second kappa shape index (κ2) is 6.22. The van der Waals surface area contributed by atoms with Crippen molar-refractivity contribution in [1.82, 2.24) is 4.98 Å². The van der Waals surface area contributed by atoms with Gasteiger partial charge < -0.3 is 14.4 Å². The van der Waals surface area contributed by atoms with Crippen molar-refractivity contribution in [2.24, 2.45) is 0 Å². The van der Waals surface area contributed by atoms with E-state index in [0.717, 1.165) is 42.4 Å². The zero-order valence-corrected chi connectivity index (χ0v) is 12.8. The molecule has 1 aliphatic heterocycles. The van der Waals surface area contributed by atoms with Crippen molar-refractivity contribution < 1.29 is 13.9 Å². The minimum atomic E-state index is -0.311. The summed E-state index contributed by atoms with van der Waals surface area (Å²) in [6.45, 7) is 1.73. The minimum Gasteiger partial charge on any atom is -0.497 e. The van der Waals surface area contributed by atoms with Gasteiger partial charge in [-0.1, -0.05) is 0 Å². The maximum absolute atomic E-state index is 13.0. The lowest BCUT2D eigenvalue weighted by Gasteiger charge is -2.19. The summed E-state index contributed by atoms with van der Waals surface area (Å²) in [4.78, 5) is 6.33. The number of ether oxygens (including phenoxy) is 2. The first-order valence-electron chi connectivity index (χ1n) is 7.29. The molecule has 2 heterocycles. The summed E-state index contributed by atoms with van der Waals surface area (Å²) in [7, 11) is 3.34. The fourth-order valence-corrected chi connectivity index (χ4v) is 2.94. The summed E-state index contributed by atoms with van der Waals surface area (Å²) in [5, 5.41) is 0. The Morgan fingerprint density at radius 1 is 1.18 bits per heavy atom. The highest BCUT2D eigenvalue weighted by molar-refractivity contribution is 5.47. The summed E-state index contributed by atoms with van der Waals surface area (Å²) >= 11 is 0. The molecular weight excluding hydrogens is 283 g/mol. The molecule has 0 spiro atoms. The molecule has 4 nitrogen and oxygen atoms in total. The summed E-state index contributed by atoms with van der Waals surface area (Å²) < 4.78 is 23.8. The van der Waals surface area contributed by atoms with Crippen molar-refractivity contribution in [3.63, 3.8) is 0 Å². The molecule has 0 saturated carbocycles. The lowest BCUT2D eigenvalue weighted by molar-refractivity contribution is 0.396. The van der Waals surface area contributed by atoms with Gasteiger partial charge in [0.25, 0.3) is 0 Å². The van der Waals surface area contributed by atoms with Crippen LogP contribution in [0.1, 0.15) is 17.9 Å². The second-order valence-corrected chi connectivity index (χ2v) is 5.37. The number of halogens is 1. The standard InChI is InChI=1S/C17H19FN2O2/c1-21-14-4-5-16(22-2)15(9-14)12-7-8-20(11-12)17-6-3-13(18)10-19-17/h3-6,9-10,12H,7-8,11H2,1-2H3/t12-/m1/s1. The molecule has 1 fully saturated rings. The van der Waals surface area contributed by atoms with E-state index in [9.17, 15) is 4.39 Å². The highest BCUT2D eigenvalue weighted by Crippen LogP contribution is 2.37.